The van der Waals surface area contributed by atoms with Crippen LogP contribution in [-0.2, 0) is 10.2 Å². The molecule has 1 aliphatic rings. The fourth-order valence-electron chi connectivity index (χ4n) is 4.58. The molecule has 27 heavy (non-hydrogen) atoms. The summed E-state index contributed by atoms with van der Waals surface area (Å²) in [5.41, 5.74) is 0.133. The lowest BCUT2D eigenvalue weighted by Crippen LogP contribution is -2.42. The van der Waals surface area contributed by atoms with E-state index in [1.54, 1.807) is 0 Å². The summed E-state index contributed by atoms with van der Waals surface area (Å²) in [6, 6.07) is 14.3. The molecule has 0 saturated carbocycles. The topological polar surface area (TPSA) is 40.5 Å². The van der Waals surface area contributed by atoms with Crippen molar-refractivity contribution in [2.24, 2.45) is 5.92 Å². The maximum Gasteiger partial charge on any atom is 0.314 e. The van der Waals surface area contributed by atoms with Gasteiger partial charge in [0.25, 0.3) is 0 Å². The summed E-state index contributed by atoms with van der Waals surface area (Å²) in [5, 5.41) is 12.5. The van der Waals surface area contributed by atoms with Crippen LogP contribution in [0.3, 0.4) is 0 Å². The molecule has 0 radical (unpaired) electrons. The van der Waals surface area contributed by atoms with Gasteiger partial charge in [0.1, 0.15) is 0 Å². The molecule has 1 unspecified atom stereocenters. The quantitative estimate of drug-likeness (QED) is 0.679. The molecule has 1 fully saturated rings. The van der Waals surface area contributed by atoms with Gasteiger partial charge in [-0.2, -0.15) is 0 Å². The highest BCUT2D eigenvalue weighted by Crippen LogP contribution is 2.41. The lowest BCUT2D eigenvalue weighted by atomic mass is 9.67. The molecule has 1 aliphatic heterocycles. The van der Waals surface area contributed by atoms with E-state index in [4.69, 9.17) is 0 Å². The number of aliphatic carboxylic acids is 1. The first-order chi connectivity index (χ1) is 12.6. The number of hydrogen-bond donors (Lipinski definition) is 1. The van der Waals surface area contributed by atoms with Gasteiger partial charge in [-0.1, -0.05) is 62.7 Å². The van der Waals surface area contributed by atoms with Crippen molar-refractivity contribution >= 4 is 29.1 Å². The van der Waals surface area contributed by atoms with Crippen LogP contribution >= 0.6 is 12.4 Å². The minimum atomic E-state index is -0.837. The zero-order chi connectivity index (χ0) is 18.6. The molecule has 3 nitrogen and oxygen atoms in total. The van der Waals surface area contributed by atoms with Crippen LogP contribution in [0.1, 0.15) is 51.5 Å². The molecule has 0 aliphatic carbocycles. The summed E-state index contributed by atoms with van der Waals surface area (Å²) in [4.78, 5) is 15.1. The highest BCUT2D eigenvalue weighted by Gasteiger charge is 2.43. The fraction of sp³-hybridized carbons (Fsp3) is 0.522. The molecule has 1 atom stereocenters. The molecule has 4 heteroatoms. The van der Waals surface area contributed by atoms with Crippen LogP contribution in [0, 0.1) is 5.92 Å². The standard InChI is InChI=1S/C23H31NO2.ClH/c1-18(2)23(22(25)26,14-9-17-24-15-6-3-7-16-24)21-13-8-11-19-10-4-5-12-20(19)21;/h4-5,8,10-13,18H,3,6-7,9,14-17H2,1-2H3,(H,25,26);1H. The molecule has 2 aromatic rings. The number of halogens is 1. The fourth-order valence-corrected chi connectivity index (χ4v) is 4.58. The van der Waals surface area contributed by atoms with Crippen LogP contribution in [0.2, 0.25) is 0 Å². The Labute approximate surface area is 169 Å². The van der Waals surface area contributed by atoms with Crippen LogP contribution in [-0.4, -0.2) is 35.6 Å². The zero-order valence-electron chi connectivity index (χ0n) is 16.5. The molecule has 0 amide bonds. The summed E-state index contributed by atoms with van der Waals surface area (Å²) in [5.74, 6) is -0.658. The summed E-state index contributed by atoms with van der Waals surface area (Å²) in [6.45, 7) is 7.44. The van der Waals surface area contributed by atoms with Crippen molar-refractivity contribution in [2.45, 2.75) is 51.4 Å². The smallest absolute Gasteiger partial charge is 0.314 e. The van der Waals surface area contributed by atoms with Crippen LogP contribution < -0.4 is 0 Å². The number of likely N-dealkylation sites (tertiary alicyclic amines) is 1. The van der Waals surface area contributed by atoms with Gasteiger partial charge in [-0.3, -0.25) is 4.79 Å². The Morgan fingerprint density at radius 3 is 2.41 bits per heavy atom. The Kier molecular flexibility index (Phi) is 7.69. The van der Waals surface area contributed by atoms with Gasteiger partial charge in [-0.25, -0.2) is 0 Å². The Balaban J connectivity index is 0.00000261. The van der Waals surface area contributed by atoms with Gasteiger partial charge in [-0.05, 0) is 67.6 Å². The minimum Gasteiger partial charge on any atom is -0.481 e. The third-order valence-corrected chi connectivity index (χ3v) is 6.13. The van der Waals surface area contributed by atoms with Gasteiger partial charge in [0.15, 0.2) is 0 Å². The average Bonchev–Trinajstić information content (AvgIpc) is 2.65. The van der Waals surface area contributed by atoms with Crippen LogP contribution in [0.15, 0.2) is 42.5 Å². The van der Waals surface area contributed by atoms with Gasteiger partial charge in [0.2, 0.25) is 0 Å². The number of rotatable bonds is 7. The molecule has 2 aromatic carbocycles. The largest absolute Gasteiger partial charge is 0.481 e. The summed E-state index contributed by atoms with van der Waals surface area (Å²) < 4.78 is 0. The molecular formula is C23H32ClNO2. The molecule has 0 spiro atoms. The van der Waals surface area contributed by atoms with Crippen molar-refractivity contribution in [3.63, 3.8) is 0 Å². The highest BCUT2D eigenvalue weighted by molar-refractivity contribution is 5.93. The van der Waals surface area contributed by atoms with Crippen molar-refractivity contribution in [1.29, 1.82) is 0 Å². The molecule has 1 saturated heterocycles. The molecular weight excluding hydrogens is 358 g/mol. The maximum atomic E-state index is 12.6. The molecule has 1 N–H and O–H groups in total. The van der Waals surface area contributed by atoms with Crippen LogP contribution in [0.4, 0.5) is 0 Å². The minimum absolute atomic E-state index is 0. The van der Waals surface area contributed by atoms with E-state index in [0.717, 1.165) is 42.4 Å². The van der Waals surface area contributed by atoms with E-state index < -0.39 is 11.4 Å². The second-order valence-corrected chi connectivity index (χ2v) is 7.96. The van der Waals surface area contributed by atoms with Gasteiger partial charge < -0.3 is 10.0 Å². The second-order valence-electron chi connectivity index (χ2n) is 7.96. The Morgan fingerprint density at radius 2 is 1.74 bits per heavy atom. The molecule has 148 valence electrons. The summed E-state index contributed by atoms with van der Waals surface area (Å²) in [6.07, 6.45) is 5.49. The van der Waals surface area contributed by atoms with Gasteiger partial charge in [-0.15, -0.1) is 12.4 Å². The van der Waals surface area contributed by atoms with Gasteiger partial charge in [0, 0.05) is 0 Å². The molecule has 0 aromatic heterocycles. The summed E-state index contributed by atoms with van der Waals surface area (Å²) in [7, 11) is 0. The normalized spacial score (nSPS) is 17.4. The predicted molar refractivity (Wildman–Crippen MR) is 115 cm³/mol. The number of benzene rings is 2. The number of fused-ring (bicyclic) bond motifs is 1. The monoisotopic (exact) mass is 389 g/mol. The highest BCUT2D eigenvalue weighted by atomic mass is 35.5. The number of carbonyl (C=O) groups is 1. The average molecular weight is 390 g/mol. The lowest BCUT2D eigenvalue weighted by Gasteiger charge is -2.36. The second kappa shape index (κ2) is 9.57. The number of nitrogens with zero attached hydrogens (tertiary/aromatic N) is 1. The molecule has 3 rings (SSSR count). The van der Waals surface area contributed by atoms with E-state index in [-0.39, 0.29) is 18.3 Å². The zero-order valence-corrected chi connectivity index (χ0v) is 17.3. The van der Waals surface area contributed by atoms with Crippen molar-refractivity contribution < 1.29 is 9.90 Å². The van der Waals surface area contributed by atoms with E-state index >= 15 is 0 Å². The van der Waals surface area contributed by atoms with E-state index in [0.29, 0.717) is 6.42 Å². The van der Waals surface area contributed by atoms with E-state index in [1.807, 2.05) is 24.3 Å². The Hall–Kier alpha value is -1.58. The Bertz CT molecular complexity index is 750. The van der Waals surface area contributed by atoms with Crippen molar-refractivity contribution in [3.8, 4) is 0 Å². The number of carboxylic acids is 1. The van der Waals surface area contributed by atoms with Crippen LogP contribution in [0.25, 0.3) is 10.8 Å². The predicted octanol–water partition coefficient (Wildman–Crippen LogP) is 5.51. The number of carboxylic acid groups (broad SMARTS) is 1. The van der Waals surface area contributed by atoms with Gasteiger partial charge >= 0.3 is 5.97 Å². The van der Waals surface area contributed by atoms with Gasteiger partial charge in [0.05, 0.1) is 5.41 Å². The third kappa shape index (κ3) is 4.47. The number of hydrogen-bond acceptors (Lipinski definition) is 2. The first-order valence-electron chi connectivity index (χ1n) is 9.99. The molecule has 1 heterocycles. The lowest BCUT2D eigenvalue weighted by molar-refractivity contribution is -0.146. The first kappa shape index (κ1) is 21.7. The number of piperidine rings is 1. The van der Waals surface area contributed by atoms with E-state index in [2.05, 4.69) is 36.9 Å². The molecule has 0 bridgehead atoms. The maximum absolute atomic E-state index is 12.6. The van der Waals surface area contributed by atoms with Crippen LogP contribution in [0.5, 0.6) is 0 Å². The van der Waals surface area contributed by atoms with Crippen molar-refractivity contribution in [1.82, 2.24) is 4.90 Å². The summed E-state index contributed by atoms with van der Waals surface area (Å²) >= 11 is 0. The Morgan fingerprint density at radius 1 is 1.07 bits per heavy atom. The first-order valence-corrected chi connectivity index (χ1v) is 9.99. The SMILES string of the molecule is CC(C)C(CCCN1CCCCC1)(C(=O)O)c1cccc2ccccc12.Cl. The third-order valence-electron chi connectivity index (χ3n) is 6.13. The van der Waals surface area contributed by atoms with E-state index in [1.165, 1.54) is 19.3 Å². The van der Waals surface area contributed by atoms with Crippen molar-refractivity contribution in [3.05, 3.63) is 48.0 Å². The van der Waals surface area contributed by atoms with E-state index in [9.17, 15) is 9.90 Å². The van der Waals surface area contributed by atoms with Crippen molar-refractivity contribution in [2.75, 3.05) is 19.6 Å².